The predicted molar refractivity (Wildman–Crippen MR) is 65.8 cm³/mol. The summed E-state index contributed by atoms with van der Waals surface area (Å²) in [5.74, 6) is -0.761. The highest BCUT2D eigenvalue weighted by Gasteiger charge is 2.35. The fourth-order valence-electron chi connectivity index (χ4n) is 0.982. The summed E-state index contributed by atoms with van der Waals surface area (Å²) in [6.45, 7) is 12.3. The van der Waals surface area contributed by atoms with Crippen molar-refractivity contribution in [2.45, 2.75) is 40.2 Å². The lowest BCUT2D eigenvalue weighted by molar-refractivity contribution is -0.149. The molecule has 0 saturated carbocycles. The van der Waals surface area contributed by atoms with Crippen LogP contribution in [0, 0.1) is 0 Å². The van der Waals surface area contributed by atoms with Crippen LogP contribution in [0.1, 0.15) is 34.6 Å². The van der Waals surface area contributed by atoms with Gasteiger partial charge in [-0.25, -0.2) is 4.79 Å². The number of carbonyl (C=O) groups excluding carboxylic acids is 1. The van der Waals surface area contributed by atoms with E-state index < -0.39 is 19.2 Å². The minimum atomic E-state index is -3.62. The Morgan fingerprint density at radius 2 is 1.59 bits per heavy atom. The van der Waals surface area contributed by atoms with Gasteiger partial charge in [0.2, 0.25) is 0 Å². The second-order valence-electron chi connectivity index (χ2n) is 4.28. The second-order valence-corrected chi connectivity index (χ2v) is 6.33. The normalized spacial score (nSPS) is 12.3. The van der Waals surface area contributed by atoms with Crippen LogP contribution < -0.4 is 0 Å². The van der Waals surface area contributed by atoms with Crippen molar-refractivity contribution in [3.63, 3.8) is 0 Å². The molecule has 0 aromatic heterocycles. The number of carbonyl (C=O) groups is 1. The average molecular weight is 264 g/mol. The van der Waals surface area contributed by atoms with Crippen molar-refractivity contribution in [1.82, 2.24) is 0 Å². The molecule has 0 aliphatic carbocycles. The summed E-state index contributed by atoms with van der Waals surface area (Å²) in [6.07, 6.45) is 0. The first-order chi connectivity index (χ1) is 7.66. The molecule has 0 amide bonds. The van der Waals surface area contributed by atoms with Gasteiger partial charge in [-0.2, -0.15) is 0 Å². The Labute approximate surface area is 103 Å². The molecule has 0 N–H and O–H groups in total. The van der Waals surface area contributed by atoms with Crippen molar-refractivity contribution in [3.05, 3.63) is 11.9 Å². The van der Waals surface area contributed by atoms with Crippen molar-refractivity contribution >= 4 is 13.6 Å². The van der Waals surface area contributed by atoms with E-state index in [1.54, 1.807) is 34.6 Å². The highest BCUT2D eigenvalue weighted by molar-refractivity contribution is 7.59. The van der Waals surface area contributed by atoms with Gasteiger partial charge in [0.05, 0.1) is 13.2 Å². The summed E-state index contributed by atoms with van der Waals surface area (Å²) in [5, 5.41) is -0.267. The third-order valence-corrected chi connectivity index (χ3v) is 3.60. The number of ether oxygens (including phenoxy) is 1. The lowest BCUT2D eigenvalue weighted by atomic mass is 10.2. The minimum Gasteiger partial charge on any atom is -0.456 e. The van der Waals surface area contributed by atoms with Gasteiger partial charge in [0.1, 0.15) is 10.9 Å². The first-order valence-corrected chi connectivity index (χ1v) is 7.02. The summed E-state index contributed by atoms with van der Waals surface area (Å²) < 4.78 is 27.3. The van der Waals surface area contributed by atoms with Crippen molar-refractivity contribution < 1.29 is 23.1 Å². The van der Waals surface area contributed by atoms with E-state index in [2.05, 4.69) is 6.58 Å². The molecule has 0 atom stereocenters. The molecule has 0 spiro atoms. The molecule has 0 saturated heterocycles. The smallest absolute Gasteiger partial charge is 0.368 e. The summed E-state index contributed by atoms with van der Waals surface area (Å²) in [5.41, 5.74) is -0.677. The van der Waals surface area contributed by atoms with Gasteiger partial charge in [-0.3, -0.25) is 4.57 Å². The van der Waals surface area contributed by atoms with E-state index >= 15 is 0 Å². The van der Waals surface area contributed by atoms with Crippen molar-refractivity contribution in [3.8, 4) is 0 Å². The molecular weight excluding hydrogens is 243 g/mol. The van der Waals surface area contributed by atoms with Gasteiger partial charge in [0.15, 0.2) is 0 Å². The fourth-order valence-corrected chi connectivity index (χ4v) is 2.32. The summed E-state index contributed by atoms with van der Waals surface area (Å²) in [7, 11) is -3.62. The Morgan fingerprint density at radius 1 is 1.18 bits per heavy atom. The summed E-state index contributed by atoms with van der Waals surface area (Å²) >= 11 is 0. The third-order valence-electron chi connectivity index (χ3n) is 1.56. The van der Waals surface area contributed by atoms with Gasteiger partial charge in [0, 0.05) is 0 Å². The Kier molecular flexibility index (Phi) is 6.10. The highest BCUT2D eigenvalue weighted by atomic mass is 31.2. The molecule has 0 heterocycles. The lowest BCUT2D eigenvalue weighted by Crippen LogP contribution is -2.25. The van der Waals surface area contributed by atoms with Crippen LogP contribution in [0.3, 0.4) is 0 Å². The number of rotatable bonds is 6. The Bertz CT molecular complexity index is 319. The van der Waals surface area contributed by atoms with E-state index in [1.807, 2.05) is 0 Å². The summed E-state index contributed by atoms with van der Waals surface area (Å²) in [4.78, 5) is 11.7. The van der Waals surface area contributed by atoms with Gasteiger partial charge in [-0.1, -0.05) is 6.58 Å². The van der Waals surface area contributed by atoms with Crippen LogP contribution in [0.2, 0.25) is 0 Å². The van der Waals surface area contributed by atoms with Gasteiger partial charge in [0.25, 0.3) is 0 Å². The van der Waals surface area contributed by atoms with Crippen LogP contribution >= 0.6 is 7.60 Å². The molecule has 0 aromatic carbocycles. The zero-order valence-electron chi connectivity index (χ0n) is 11.1. The van der Waals surface area contributed by atoms with Gasteiger partial charge < -0.3 is 13.8 Å². The van der Waals surface area contributed by atoms with Gasteiger partial charge >= 0.3 is 13.6 Å². The van der Waals surface area contributed by atoms with Gasteiger partial charge in [-0.15, -0.1) is 0 Å². The van der Waals surface area contributed by atoms with Crippen LogP contribution in [-0.4, -0.2) is 24.8 Å². The van der Waals surface area contributed by atoms with E-state index in [4.69, 9.17) is 13.8 Å². The zero-order chi connectivity index (χ0) is 13.7. The lowest BCUT2D eigenvalue weighted by Gasteiger charge is -2.23. The van der Waals surface area contributed by atoms with Crippen LogP contribution in [0.25, 0.3) is 0 Å². The quantitative estimate of drug-likeness (QED) is 0.419. The third kappa shape index (κ3) is 5.48. The van der Waals surface area contributed by atoms with Crippen LogP contribution in [0.15, 0.2) is 11.9 Å². The Hall–Kier alpha value is -0.640. The molecule has 0 unspecified atom stereocenters. The largest absolute Gasteiger partial charge is 0.456 e. The van der Waals surface area contributed by atoms with E-state index in [0.29, 0.717) is 0 Å². The van der Waals surface area contributed by atoms with Crippen LogP contribution in [-0.2, 0) is 23.1 Å². The highest BCUT2D eigenvalue weighted by Crippen LogP contribution is 2.55. The molecule has 17 heavy (non-hydrogen) atoms. The summed E-state index contributed by atoms with van der Waals surface area (Å²) in [6, 6.07) is 0. The standard InChI is InChI=1S/C11H21O5P/c1-7-14-17(13,15-8-2)9(3)10(12)16-11(4,5)6/h3,7-8H2,1-2,4-6H3. The maximum atomic E-state index is 12.2. The molecule has 0 aliphatic rings. The topological polar surface area (TPSA) is 61.8 Å². The maximum absolute atomic E-state index is 12.2. The van der Waals surface area contributed by atoms with Crippen molar-refractivity contribution in [1.29, 1.82) is 0 Å². The maximum Gasteiger partial charge on any atom is 0.368 e. The SMILES string of the molecule is C=C(C(=O)OC(C)(C)C)P(=O)(OCC)OCC. The first-order valence-electron chi connectivity index (χ1n) is 5.48. The zero-order valence-corrected chi connectivity index (χ0v) is 12.0. The molecule has 100 valence electrons. The molecule has 0 fully saturated rings. The molecule has 5 nitrogen and oxygen atoms in total. The van der Waals surface area contributed by atoms with Crippen LogP contribution in [0.5, 0.6) is 0 Å². The van der Waals surface area contributed by atoms with E-state index in [-0.39, 0.29) is 18.5 Å². The average Bonchev–Trinajstić information content (AvgIpc) is 2.14. The molecular formula is C11H21O5P. The van der Waals surface area contributed by atoms with E-state index in [0.717, 1.165) is 0 Å². The molecule has 0 radical (unpaired) electrons. The van der Waals surface area contributed by atoms with Crippen LogP contribution in [0.4, 0.5) is 0 Å². The number of esters is 1. The van der Waals surface area contributed by atoms with E-state index in [1.165, 1.54) is 0 Å². The molecule has 0 rings (SSSR count). The van der Waals surface area contributed by atoms with E-state index in [9.17, 15) is 9.36 Å². The Balaban J connectivity index is 4.86. The Morgan fingerprint density at radius 3 is 1.88 bits per heavy atom. The fraction of sp³-hybridized carbons (Fsp3) is 0.727. The molecule has 0 aromatic rings. The molecule has 0 aliphatic heterocycles. The number of hydrogen-bond donors (Lipinski definition) is 0. The monoisotopic (exact) mass is 264 g/mol. The molecule has 0 bridgehead atoms. The second kappa shape index (κ2) is 6.34. The predicted octanol–water partition coefficient (Wildman–Crippen LogP) is 3.11. The van der Waals surface area contributed by atoms with Crippen molar-refractivity contribution in [2.24, 2.45) is 0 Å². The minimum absolute atomic E-state index is 0.166. The van der Waals surface area contributed by atoms with Crippen molar-refractivity contribution in [2.75, 3.05) is 13.2 Å². The van der Waals surface area contributed by atoms with Gasteiger partial charge in [-0.05, 0) is 34.6 Å². The molecule has 6 heteroatoms. The first kappa shape index (κ1) is 16.4. The number of hydrogen-bond acceptors (Lipinski definition) is 5.